The quantitative estimate of drug-likeness (QED) is 0.797. The van der Waals surface area contributed by atoms with Gasteiger partial charge < -0.3 is 5.32 Å². The third-order valence-corrected chi connectivity index (χ3v) is 2.22. The van der Waals surface area contributed by atoms with Gasteiger partial charge >= 0.3 is 0 Å². The van der Waals surface area contributed by atoms with E-state index in [0.717, 1.165) is 17.6 Å². The number of rotatable bonds is 4. The summed E-state index contributed by atoms with van der Waals surface area (Å²) >= 11 is 3.40. The molecule has 0 bridgehead atoms. The van der Waals surface area contributed by atoms with Crippen LogP contribution < -0.4 is 5.32 Å². The maximum absolute atomic E-state index is 3.40. The van der Waals surface area contributed by atoms with E-state index in [4.69, 9.17) is 0 Å². The van der Waals surface area contributed by atoms with Crippen LogP contribution in [0.2, 0.25) is 0 Å². The number of hydrogen-bond acceptors (Lipinski definition) is 1. The molecule has 1 aromatic rings. The van der Waals surface area contributed by atoms with Crippen LogP contribution in [0.1, 0.15) is 12.5 Å². The van der Waals surface area contributed by atoms with Gasteiger partial charge in [0.15, 0.2) is 0 Å². The molecule has 2 heteroatoms. The Kier molecular flexibility index (Phi) is 4.79. The number of benzene rings is 1. The Morgan fingerprint density at radius 1 is 1.31 bits per heavy atom. The molecule has 0 saturated heterocycles. The zero-order chi connectivity index (χ0) is 9.52. The molecule has 0 unspecified atom stereocenters. The number of nitrogens with one attached hydrogen (secondary N) is 1. The van der Waals surface area contributed by atoms with Crippen molar-refractivity contribution in [3.63, 3.8) is 0 Å². The van der Waals surface area contributed by atoms with Gasteiger partial charge in [-0.25, -0.2) is 0 Å². The molecule has 0 aromatic heterocycles. The number of halogens is 1. The second-order valence-electron chi connectivity index (χ2n) is 2.76. The van der Waals surface area contributed by atoms with E-state index < -0.39 is 0 Å². The van der Waals surface area contributed by atoms with Gasteiger partial charge in [0.2, 0.25) is 0 Å². The molecule has 1 nitrogen and oxygen atoms in total. The van der Waals surface area contributed by atoms with Gasteiger partial charge in [-0.2, -0.15) is 0 Å². The van der Waals surface area contributed by atoms with Gasteiger partial charge in [0, 0.05) is 11.0 Å². The van der Waals surface area contributed by atoms with Crippen molar-refractivity contribution in [1.29, 1.82) is 0 Å². The van der Waals surface area contributed by atoms with E-state index >= 15 is 0 Å². The molecule has 1 N–H and O–H groups in total. The Balaban J connectivity index is 2.44. The van der Waals surface area contributed by atoms with Gasteiger partial charge in [-0.15, -0.1) is 0 Å². The van der Waals surface area contributed by atoms with Gasteiger partial charge in [-0.1, -0.05) is 47.1 Å². The second-order valence-corrected chi connectivity index (χ2v) is 3.68. The van der Waals surface area contributed by atoms with Crippen LogP contribution in [-0.2, 0) is 0 Å². The van der Waals surface area contributed by atoms with E-state index in [1.54, 1.807) is 0 Å². The minimum atomic E-state index is 0.937. The largest absolute Gasteiger partial charge is 0.314 e. The average Bonchev–Trinajstić information content (AvgIpc) is 2.15. The van der Waals surface area contributed by atoms with E-state index in [-0.39, 0.29) is 0 Å². The highest BCUT2D eigenvalue weighted by atomic mass is 79.9. The van der Waals surface area contributed by atoms with Crippen molar-refractivity contribution < 1.29 is 0 Å². The lowest BCUT2D eigenvalue weighted by Gasteiger charge is -1.95. The highest BCUT2D eigenvalue weighted by Crippen LogP contribution is 2.11. The van der Waals surface area contributed by atoms with Crippen LogP contribution in [0.3, 0.4) is 0 Å². The lowest BCUT2D eigenvalue weighted by atomic mass is 10.2. The predicted molar refractivity (Wildman–Crippen MR) is 61.7 cm³/mol. The van der Waals surface area contributed by atoms with Gasteiger partial charge in [-0.05, 0) is 24.2 Å². The molecule has 0 spiro atoms. The molecule has 70 valence electrons. The maximum Gasteiger partial charge on any atom is 0.0175 e. The lowest BCUT2D eigenvalue weighted by molar-refractivity contribution is 0.801. The van der Waals surface area contributed by atoms with E-state index in [1.165, 1.54) is 5.56 Å². The summed E-state index contributed by atoms with van der Waals surface area (Å²) in [5.74, 6) is 0. The third kappa shape index (κ3) is 4.25. The summed E-state index contributed by atoms with van der Waals surface area (Å²) in [4.78, 5) is 0. The summed E-state index contributed by atoms with van der Waals surface area (Å²) in [6, 6.07) is 8.28. The zero-order valence-corrected chi connectivity index (χ0v) is 9.34. The fourth-order valence-corrected chi connectivity index (χ4v) is 1.26. The molecule has 0 atom stereocenters. The van der Waals surface area contributed by atoms with Crippen molar-refractivity contribution in [2.24, 2.45) is 0 Å². The predicted octanol–water partition coefficient (Wildman–Crippen LogP) is 3.07. The molecule has 0 aliphatic heterocycles. The Labute approximate surface area is 88.0 Å². The molecule has 0 fully saturated rings. The molecule has 1 rings (SSSR count). The van der Waals surface area contributed by atoms with E-state index in [1.807, 2.05) is 12.1 Å². The monoisotopic (exact) mass is 239 g/mol. The summed E-state index contributed by atoms with van der Waals surface area (Å²) in [5.41, 5.74) is 1.24. The molecular formula is C11H14BrN. The third-order valence-electron chi connectivity index (χ3n) is 1.69. The molecule has 0 aliphatic carbocycles. The lowest BCUT2D eigenvalue weighted by Crippen LogP contribution is -2.11. The minimum Gasteiger partial charge on any atom is -0.314 e. The highest BCUT2D eigenvalue weighted by molar-refractivity contribution is 9.10. The van der Waals surface area contributed by atoms with Gasteiger partial charge in [0.05, 0.1) is 0 Å². The van der Waals surface area contributed by atoms with E-state index in [0.29, 0.717) is 0 Å². The zero-order valence-electron chi connectivity index (χ0n) is 7.76. The molecule has 0 saturated carbocycles. The molecule has 1 aromatic carbocycles. The number of hydrogen-bond donors (Lipinski definition) is 1. The average molecular weight is 240 g/mol. The van der Waals surface area contributed by atoms with Crippen LogP contribution >= 0.6 is 15.9 Å². The van der Waals surface area contributed by atoms with Crippen LogP contribution in [0.4, 0.5) is 0 Å². The highest BCUT2D eigenvalue weighted by Gasteiger charge is 1.86. The molecule has 0 heterocycles. The molecule has 0 radical (unpaired) electrons. The van der Waals surface area contributed by atoms with Gasteiger partial charge in [0.1, 0.15) is 0 Å². The fourth-order valence-electron chi connectivity index (χ4n) is 0.997. The SMILES string of the molecule is CCNCC=Cc1ccc(Br)cc1. The first-order valence-electron chi connectivity index (χ1n) is 4.45. The summed E-state index contributed by atoms with van der Waals surface area (Å²) in [5, 5.41) is 3.23. The van der Waals surface area contributed by atoms with Crippen LogP contribution in [0.15, 0.2) is 34.8 Å². The summed E-state index contributed by atoms with van der Waals surface area (Å²) in [7, 11) is 0. The first kappa shape index (κ1) is 10.5. The molecule has 0 aliphatic rings. The maximum atomic E-state index is 3.40. The van der Waals surface area contributed by atoms with Crippen molar-refractivity contribution in [2.75, 3.05) is 13.1 Å². The standard InChI is InChI=1S/C11H14BrN/c1-2-13-9-3-4-10-5-7-11(12)8-6-10/h3-8,13H,2,9H2,1H3. The first-order valence-corrected chi connectivity index (χ1v) is 5.25. The Bertz CT molecular complexity index is 264. The van der Waals surface area contributed by atoms with E-state index in [9.17, 15) is 0 Å². The molecule has 0 amide bonds. The Morgan fingerprint density at radius 2 is 2.00 bits per heavy atom. The first-order chi connectivity index (χ1) is 6.33. The molecular weight excluding hydrogens is 226 g/mol. The second kappa shape index (κ2) is 5.95. The summed E-state index contributed by atoms with van der Waals surface area (Å²) in [6.45, 7) is 4.06. The number of likely N-dealkylation sites (N-methyl/N-ethyl adjacent to an activating group) is 1. The van der Waals surface area contributed by atoms with Crippen LogP contribution in [0.5, 0.6) is 0 Å². The van der Waals surface area contributed by atoms with Crippen molar-refractivity contribution in [3.05, 3.63) is 40.4 Å². The summed E-state index contributed by atoms with van der Waals surface area (Å²) < 4.78 is 1.12. The smallest absolute Gasteiger partial charge is 0.0175 e. The van der Waals surface area contributed by atoms with Gasteiger partial charge in [0.25, 0.3) is 0 Å². The molecule has 13 heavy (non-hydrogen) atoms. The van der Waals surface area contributed by atoms with Crippen molar-refractivity contribution in [1.82, 2.24) is 5.32 Å². The Morgan fingerprint density at radius 3 is 2.62 bits per heavy atom. The van der Waals surface area contributed by atoms with Crippen LogP contribution in [0.25, 0.3) is 6.08 Å². The van der Waals surface area contributed by atoms with Crippen molar-refractivity contribution in [3.8, 4) is 0 Å². The van der Waals surface area contributed by atoms with Crippen LogP contribution in [0, 0.1) is 0 Å². The van der Waals surface area contributed by atoms with Crippen LogP contribution in [-0.4, -0.2) is 13.1 Å². The normalized spacial score (nSPS) is 10.9. The van der Waals surface area contributed by atoms with E-state index in [2.05, 4.69) is 52.5 Å². The summed E-state index contributed by atoms with van der Waals surface area (Å²) in [6.07, 6.45) is 4.25. The van der Waals surface area contributed by atoms with Crippen molar-refractivity contribution in [2.45, 2.75) is 6.92 Å². The Hall–Kier alpha value is -0.600. The topological polar surface area (TPSA) is 12.0 Å². The van der Waals surface area contributed by atoms with Gasteiger partial charge in [-0.3, -0.25) is 0 Å². The minimum absolute atomic E-state index is 0.937. The fraction of sp³-hybridized carbons (Fsp3) is 0.273. The van der Waals surface area contributed by atoms with Crippen molar-refractivity contribution >= 4 is 22.0 Å².